The number of benzene rings is 2. The molecule has 0 aliphatic carbocycles. The number of Topliss-reactive ketones (excluding diaryl/α,β-unsaturated/α-hetero) is 1. The van der Waals surface area contributed by atoms with Gasteiger partial charge in [-0.2, -0.15) is 11.8 Å². The van der Waals surface area contributed by atoms with Crippen LogP contribution in [0.5, 0.6) is 5.75 Å². The number of carbonyl (C=O) groups excluding carboxylic acids is 4. The fourth-order valence-corrected chi connectivity index (χ4v) is 6.89. The molecule has 0 saturated heterocycles. The first-order chi connectivity index (χ1) is 25.8. The largest absolute Gasteiger partial charge is 0.493 e. The van der Waals surface area contributed by atoms with Crippen LogP contribution in [-0.4, -0.2) is 61.1 Å². The second-order valence-corrected chi connectivity index (χ2v) is 16.0. The Morgan fingerprint density at radius 2 is 1.61 bits per heavy atom. The first kappa shape index (κ1) is 42.3. The lowest BCUT2D eigenvalue weighted by Gasteiger charge is -2.25. The fraction of sp³-hybridized carbons (Fsp3) is 0.475. The predicted molar refractivity (Wildman–Crippen MR) is 218 cm³/mol. The summed E-state index contributed by atoms with van der Waals surface area (Å²) in [5.41, 5.74) is 2.33. The lowest BCUT2D eigenvalue weighted by atomic mass is 9.86. The van der Waals surface area contributed by atoms with Crippen LogP contribution in [0.15, 0.2) is 49.1 Å². The van der Waals surface area contributed by atoms with Crippen molar-refractivity contribution < 1.29 is 23.9 Å². The minimum atomic E-state index is -1.39. The first-order valence-corrected chi connectivity index (χ1v) is 20.0. The number of rotatable bonds is 20. The SMILES string of the molecule is CCCCSCCCCCC(=O)Nc1ncnc2c1ncn2C(C(=O)Nc1cc(NC(=O)CCCOc2ccc(C)cc2C)ccc1Cl)C(=O)C(C)(C)C. The molecule has 3 amide bonds. The zero-order chi connectivity index (χ0) is 39.3. The number of imidazole rings is 1. The van der Waals surface area contributed by atoms with Gasteiger partial charge in [0, 0.05) is 23.9 Å². The summed E-state index contributed by atoms with van der Waals surface area (Å²) in [4.78, 5) is 66.5. The van der Waals surface area contributed by atoms with Gasteiger partial charge in [0.2, 0.25) is 11.8 Å². The van der Waals surface area contributed by atoms with Gasteiger partial charge in [-0.25, -0.2) is 15.0 Å². The highest BCUT2D eigenvalue weighted by Gasteiger charge is 2.37. The molecule has 0 bridgehead atoms. The standard InChI is InChI=1S/C40H52ClN7O5S/c1-7-8-20-54-21-11-9-10-13-33(50)47-37-34-38(43-24-42-37)48(25-44-34)35(36(51)40(4,5)6)39(52)46-30-23-28(16-17-29(30)41)45-32(49)14-12-19-53-31-18-15-26(2)22-27(31)3/h15-18,22-25,35H,7-14,19-21H2,1-6H3,(H,45,49)(H,46,52)(H,42,43,47,50). The number of hydrogen-bond donors (Lipinski definition) is 3. The number of hydrogen-bond acceptors (Lipinski definition) is 9. The van der Waals surface area contributed by atoms with Gasteiger partial charge in [-0.15, -0.1) is 0 Å². The van der Waals surface area contributed by atoms with Gasteiger partial charge in [-0.3, -0.25) is 23.7 Å². The fourth-order valence-electron chi connectivity index (χ4n) is 5.62. The van der Waals surface area contributed by atoms with E-state index in [0.717, 1.165) is 41.9 Å². The van der Waals surface area contributed by atoms with E-state index in [-0.39, 0.29) is 45.9 Å². The van der Waals surface area contributed by atoms with Crippen molar-refractivity contribution in [2.75, 3.05) is 34.1 Å². The minimum Gasteiger partial charge on any atom is -0.493 e. The molecule has 2 heterocycles. The summed E-state index contributed by atoms with van der Waals surface area (Å²) in [5.74, 6) is 1.73. The number of ether oxygens (including phenoxy) is 1. The molecule has 14 heteroatoms. The number of nitrogens with zero attached hydrogens (tertiary/aromatic N) is 4. The summed E-state index contributed by atoms with van der Waals surface area (Å²) >= 11 is 8.44. The summed E-state index contributed by atoms with van der Waals surface area (Å²) < 4.78 is 7.22. The molecule has 3 N–H and O–H groups in total. The Hall–Kier alpha value is -4.49. The number of carbonyl (C=O) groups is 4. The molecule has 4 rings (SSSR count). The van der Waals surface area contributed by atoms with Crippen LogP contribution in [0.1, 0.15) is 96.2 Å². The van der Waals surface area contributed by atoms with Crippen molar-refractivity contribution in [2.24, 2.45) is 5.41 Å². The third kappa shape index (κ3) is 12.3. The van der Waals surface area contributed by atoms with Crippen LogP contribution in [0.4, 0.5) is 17.2 Å². The van der Waals surface area contributed by atoms with Gasteiger partial charge >= 0.3 is 0 Å². The number of aryl methyl sites for hydroxylation is 2. The zero-order valence-electron chi connectivity index (χ0n) is 32.1. The van der Waals surface area contributed by atoms with Crippen LogP contribution in [0.25, 0.3) is 11.2 Å². The summed E-state index contributed by atoms with van der Waals surface area (Å²) in [6, 6.07) is 9.28. The van der Waals surface area contributed by atoms with Crippen molar-refractivity contribution in [1.82, 2.24) is 19.5 Å². The molecule has 1 atom stereocenters. The molecular formula is C40H52ClN7O5S. The smallest absolute Gasteiger partial charge is 0.255 e. The molecule has 290 valence electrons. The molecule has 0 aliphatic rings. The predicted octanol–water partition coefficient (Wildman–Crippen LogP) is 8.72. The molecule has 0 spiro atoms. The van der Waals surface area contributed by atoms with Gasteiger partial charge in [0.25, 0.3) is 5.91 Å². The topological polar surface area (TPSA) is 157 Å². The molecule has 2 aromatic heterocycles. The van der Waals surface area contributed by atoms with Crippen molar-refractivity contribution in [3.63, 3.8) is 0 Å². The Kier molecular flexibility index (Phi) is 15.9. The highest BCUT2D eigenvalue weighted by Crippen LogP contribution is 2.31. The van der Waals surface area contributed by atoms with Gasteiger partial charge < -0.3 is 20.7 Å². The molecule has 54 heavy (non-hydrogen) atoms. The number of aromatic nitrogens is 4. The quantitative estimate of drug-likeness (QED) is 0.0590. The van der Waals surface area contributed by atoms with Crippen LogP contribution >= 0.6 is 23.4 Å². The first-order valence-electron chi connectivity index (χ1n) is 18.5. The van der Waals surface area contributed by atoms with Gasteiger partial charge in [0.1, 0.15) is 12.1 Å². The lowest BCUT2D eigenvalue weighted by molar-refractivity contribution is -0.135. The lowest BCUT2D eigenvalue weighted by Crippen LogP contribution is -2.38. The van der Waals surface area contributed by atoms with E-state index in [1.54, 1.807) is 32.9 Å². The summed E-state index contributed by atoms with van der Waals surface area (Å²) in [6.07, 6.45) is 8.85. The molecule has 4 aromatic rings. The number of halogens is 1. The van der Waals surface area contributed by atoms with E-state index >= 15 is 0 Å². The van der Waals surface area contributed by atoms with Crippen molar-refractivity contribution in [3.05, 3.63) is 65.2 Å². The number of nitrogens with one attached hydrogen (secondary N) is 3. The zero-order valence-corrected chi connectivity index (χ0v) is 33.7. The van der Waals surface area contributed by atoms with E-state index in [1.807, 2.05) is 43.8 Å². The van der Waals surface area contributed by atoms with Crippen LogP contribution in [0, 0.1) is 19.3 Å². The Morgan fingerprint density at radius 1 is 0.870 bits per heavy atom. The van der Waals surface area contributed by atoms with E-state index in [4.69, 9.17) is 16.3 Å². The number of anilines is 3. The minimum absolute atomic E-state index is 0.199. The summed E-state index contributed by atoms with van der Waals surface area (Å²) in [7, 11) is 0. The molecule has 12 nitrogen and oxygen atoms in total. The Morgan fingerprint density at radius 3 is 2.35 bits per heavy atom. The third-order valence-electron chi connectivity index (χ3n) is 8.61. The number of amides is 3. The van der Waals surface area contributed by atoms with Crippen molar-refractivity contribution in [1.29, 1.82) is 0 Å². The normalized spacial score (nSPS) is 12.0. The maximum atomic E-state index is 14.0. The Balaban J connectivity index is 1.42. The maximum absolute atomic E-state index is 14.0. The van der Waals surface area contributed by atoms with E-state index in [1.165, 1.54) is 41.9 Å². The molecule has 0 fully saturated rings. The number of thioether (sulfide) groups is 1. The van der Waals surface area contributed by atoms with E-state index in [9.17, 15) is 19.2 Å². The molecule has 0 radical (unpaired) electrons. The van der Waals surface area contributed by atoms with Crippen LogP contribution in [-0.2, 0) is 19.2 Å². The molecule has 0 saturated carbocycles. The monoisotopic (exact) mass is 777 g/mol. The molecule has 0 aliphatic heterocycles. The van der Waals surface area contributed by atoms with Crippen molar-refractivity contribution in [3.8, 4) is 5.75 Å². The Labute approximate surface area is 327 Å². The second kappa shape index (κ2) is 20.3. The average molecular weight is 778 g/mol. The van der Waals surface area contributed by atoms with Gasteiger partial charge in [0.15, 0.2) is 28.8 Å². The highest BCUT2D eigenvalue weighted by molar-refractivity contribution is 7.99. The second-order valence-electron chi connectivity index (χ2n) is 14.3. The van der Waals surface area contributed by atoms with Gasteiger partial charge in [-0.1, -0.05) is 69.8 Å². The Bertz CT molecular complexity index is 1930. The van der Waals surface area contributed by atoms with Crippen LogP contribution in [0.3, 0.4) is 0 Å². The highest BCUT2D eigenvalue weighted by atomic mass is 35.5. The van der Waals surface area contributed by atoms with Gasteiger partial charge in [0.05, 0.1) is 23.6 Å². The number of unbranched alkanes of at least 4 members (excludes halogenated alkanes) is 3. The molecular weight excluding hydrogens is 726 g/mol. The third-order valence-corrected chi connectivity index (χ3v) is 10.1. The number of fused-ring (bicyclic) bond motifs is 1. The summed E-state index contributed by atoms with van der Waals surface area (Å²) in [6.45, 7) is 11.7. The van der Waals surface area contributed by atoms with Gasteiger partial charge in [-0.05, 0) is 80.9 Å². The van der Waals surface area contributed by atoms with E-state index in [2.05, 4.69) is 37.8 Å². The van der Waals surface area contributed by atoms with E-state index < -0.39 is 23.1 Å². The summed E-state index contributed by atoms with van der Waals surface area (Å²) in [5, 5.41) is 8.65. The maximum Gasteiger partial charge on any atom is 0.255 e. The molecule has 2 aromatic carbocycles. The molecule has 1 unspecified atom stereocenters. The van der Waals surface area contributed by atoms with Crippen LogP contribution in [0.2, 0.25) is 5.02 Å². The van der Waals surface area contributed by atoms with Crippen molar-refractivity contribution >= 4 is 75.2 Å². The number of ketones is 1. The van der Waals surface area contributed by atoms with Crippen LogP contribution < -0.4 is 20.7 Å². The van der Waals surface area contributed by atoms with Crippen molar-refractivity contribution in [2.45, 2.75) is 99.0 Å². The van der Waals surface area contributed by atoms with E-state index in [0.29, 0.717) is 25.1 Å². The average Bonchev–Trinajstić information content (AvgIpc) is 3.54.